The fourth-order valence-corrected chi connectivity index (χ4v) is 4.04. The second-order valence-electron chi connectivity index (χ2n) is 7.29. The first kappa shape index (κ1) is 18.0. The van der Waals surface area contributed by atoms with Crippen LogP contribution in [0.15, 0.2) is 24.5 Å². The average Bonchev–Trinajstić information content (AvgIpc) is 3.27. The first-order chi connectivity index (χ1) is 12.1. The zero-order valence-electron chi connectivity index (χ0n) is 14.8. The van der Waals surface area contributed by atoms with Crippen LogP contribution >= 0.6 is 0 Å². The smallest absolute Gasteiger partial charge is 0.223 e. The number of carbonyl (C=O) groups is 2. The lowest BCUT2D eigenvalue weighted by molar-refractivity contribution is -0.132. The number of primary amides is 1. The zero-order chi connectivity index (χ0) is 17.6. The van der Waals surface area contributed by atoms with Crippen molar-refractivity contribution in [1.82, 2.24) is 9.47 Å². The molecule has 2 aliphatic heterocycles. The van der Waals surface area contributed by atoms with E-state index >= 15 is 0 Å². The molecule has 0 aliphatic carbocycles. The molecule has 138 valence electrons. The molecular weight excluding hydrogens is 318 g/mol. The molecule has 6 heteroatoms. The molecule has 2 aliphatic rings. The van der Waals surface area contributed by atoms with Crippen LogP contribution in [0.5, 0.6) is 0 Å². The minimum Gasteiger partial charge on any atom is -0.377 e. The van der Waals surface area contributed by atoms with Gasteiger partial charge < -0.3 is 19.9 Å². The number of carbonyl (C=O) groups excluding carboxylic acids is 2. The van der Waals surface area contributed by atoms with Gasteiger partial charge in [-0.15, -0.1) is 0 Å². The third-order valence-corrected chi connectivity index (χ3v) is 5.58. The number of aryl methyl sites for hydroxylation is 1. The van der Waals surface area contributed by atoms with Crippen LogP contribution < -0.4 is 5.73 Å². The molecule has 3 rings (SSSR count). The maximum atomic E-state index is 12.3. The summed E-state index contributed by atoms with van der Waals surface area (Å²) in [6, 6.07) is 4.01. The van der Waals surface area contributed by atoms with Crippen LogP contribution in [-0.4, -0.2) is 47.1 Å². The topological polar surface area (TPSA) is 77.6 Å². The largest absolute Gasteiger partial charge is 0.377 e. The number of nitrogens with two attached hydrogens (primary N) is 1. The number of likely N-dealkylation sites (tertiary alicyclic amines) is 1. The highest BCUT2D eigenvalue weighted by Crippen LogP contribution is 2.30. The van der Waals surface area contributed by atoms with E-state index in [4.69, 9.17) is 10.5 Å². The molecule has 3 heterocycles. The van der Waals surface area contributed by atoms with Gasteiger partial charge in [-0.3, -0.25) is 9.59 Å². The number of rotatable bonds is 7. The van der Waals surface area contributed by atoms with Gasteiger partial charge in [0.1, 0.15) is 0 Å². The van der Waals surface area contributed by atoms with E-state index in [0.717, 1.165) is 51.7 Å². The fraction of sp³-hybridized carbons (Fsp3) is 0.684. The Labute approximate surface area is 149 Å². The Balaban J connectivity index is 1.36. The fourth-order valence-electron chi connectivity index (χ4n) is 4.04. The minimum absolute atomic E-state index is 0.0219. The second-order valence-corrected chi connectivity index (χ2v) is 7.29. The van der Waals surface area contributed by atoms with Crippen LogP contribution in [0.3, 0.4) is 0 Å². The Hall–Kier alpha value is -1.82. The quantitative estimate of drug-likeness (QED) is 0.817. The number of ether oxygens (including phenoxy) is 1. The molecule has 6 nitrogen and oxygen atoms in total. The molecule has 0 spiro atoms. The molecule has 2 saturated heterocycles. The van der Waals surface area contributed by atoms with Crippen LogP contribution in [0.1, 0.15) is 38.5 Å². The second kappa shape index (κ2) is 8.52. The predicted octanol–water partition coefficient (Wildman–Crippen LogP) is 1.79. The van der Waals surface area contributed by atoms with Crippen LogP contribution in [0.25, 0.3) is 0 Å². The van der Waals surface area contributed by atoms with Gasteiger partial charge >= 0.3 is 0 Å². The summed E-state index contributed by atoms with van der Waals surface area (Å²) in [5.74, 6) is 0.415. The lowest BCUT2D eigenvalue weighted by atomic mass is 9.86. The van der Waals surface area contributed by atoms with Crippen molar-refractivity contribution >= 4 is 11.8 Å². The highest BCUT2D eigenvalue weighted by Gasteiger charge is 2.35. The standard InChI is InChI=1S/C19H29N3O3/c20-19(24)16-7-13-25-17(16)14-15-5-11-22(12-6-15)18(23)4-3-10-21-8-1-2-9-21/h1-2,8-9,15-17H,3-7,10-14H2,(H2,20,24)/t16-,17-/m1/s1. The third-order valence-electron chi connectivity index (χ3n) is 5.58. The van der Waals surface area contributed by atoms with Gasteiger partial charge in [-0.2, -0.15) is 0 Å². The molecular formula is C19H29N3O3. The highest BCUT2D eigenvalue weighted by atomic mass is 16.5. The summed E-state index contributed by atoms with van der Waals surface area (Å²) in [5, 5.41) is 0. The van der Waals surface area contributed by atoms with Crippen molar-refractivity contribution in [3.63, 3.8) is 0 Å². The van der Waals surface area contributed by atoms with Crippen molar-refractivity contribution in [2.75, 3.05) is 19.7 Å². The molecule has 2 amide bonds. The molecule has 0 bridgehead atoms. The van der Waals surface area contributed by atoms with E-state index in [9.17, 15) is 9.59 Å². The SMILES string of the molecule is NC(=O)[C@@H]1CCO[C@@H]1CC1CCN(C(=O)CCCn2cccc2)CC1. The summed E-state index contributed by atoms with van der Waals surface area (Å²) in [6.45, 7) is 3.17. The summed E-state index contributed by atoms with van der Waals surface area (Å²) in [5.41, 5.74) is 5.46. The lowest BCUT2D eigenvalue weighted by Crippen LogP contribution is -2.40. The molecule has 0 unspecified atom stereocenters. The van der Waals surface area contributed by atoms with Crippen molar-refractivity contribution in [1.29, 1.82) is 0 Å². The Morgan fingerprint density at radius 3 is 2.52 bits per heavy atom. The first-order valence-corrected chi connectivity index (χ1v) is 9.43. The summed E-state index contributed by atoms with van der Waals surface area (Å²) in [7, 11) is 0. The van der Waals surface area contributed by atoms with Gasteiger partial charge in [-0.1, -0.05) is 0 Å². The van der Waals surface area contributed by atoms with Crippen molar-refractivity contribution in [2.45, 2.75) is 51.2 Å². The summed E-state index contributed by atoms with van der Waals surface area (Å²) in [4.78, 5) is 25.8. The van der Waals surface area contributed by atoms with Crippen molar-refractivity contribution < 1.29 is 14.3 Å². The normalized spacial score (nSPS) is 24.6. The highest BCUT2D eigenvalue weighted by molar-refractivity contribution is 5.77. The monoisotopic (exact) mass is 347 g/mol. The number of hydrogen-bond acceptors (Lipinski definition) is 3. The molecule has 2 fully saturated rings. The molecule has 0 radical (unpaired) electrons. The van der Waals surface area contributed by atoms with E-state index in [0.29, 0.717) is 18.9 Å². The van der Waals surface area contributed by atoms with Crippen molar-refractivity contribution in [3.8, 4) is 0 Å². The maximum Gasteiger partial charge on any atom is 0.223 e. The number of hydrogen-bond donors (Lipinski definition) is 1. The predicted molar refractivity (Wildman–Crippen MR) is 94.6 cm³/mol. The average molecular weight is 347 g/mol. The Kier molecular flexibility index (Phi) is 6.13. The molecule has 1 aromatic rings. The van der Waals surface area contributed by atoms with Crippen LogP contribution in [0.4, 0.5) is 0 Å². The van der Waals surface area contributed by atoms with Gasteiger partial charge in [0.25, 0.3) is 0 Å². The van der Waals surface area contributed by atoms with E-state index in [1.54, 1.807) is 0 Å². The van der Waals surface area contributed by atoms with Crippen LogP contribution in [-0.2, 0) is 20.9 Å². The van der Waals surface area contributed by atoms with E-state index in [1.807, 2.05) is 29.4 Å². The van der Waals surface area contributed by atoms with Crippen molar-refractivity contribution in [3.05, 3.63) is 24.5 Å². The number of amides is 2. The van der Waals surface area contributed by atoms with Gasteiger partial charge in [0, 0.05) is 45.1 Å². The Morgan fingerprint density at radius 2 is 1.84 bits per heavy atom. The number of aromatic nitrogens is 1. The molecule has 0 saturated carbocycles. The molecule has 2 atom stereocenters. The van der Waals surface area contributed by atoms with Gasteiger partial charge in [0.05, 0.1) is 12.0 Å². The van der Waals surface area contributed by atoms with E-state index < -0.39 is 0 Å². The maximum absolute atomic E-state index is 12.3. The van der Waals surface area contributed by atoms with E-state index in [2.05, 4.69) is 4.57 Å². The summed E-state index contributed by atoms with van der Waals surface area (Å²) in [6.07, 6.45) is 9.15. The van der Waals surface area contributed by atoms with Crippen LogP contribution in [0.2, 0.25) is 0 Å². The summed E-state index contributed by atoms with van der Waals surface area (Å²) >= 11 is 0. The van der Waals surface area contributed by atoms with Gasteiger partial charge in [-0.25, -0.2) is 0 Å². The van der Waals surface area contributed by atoms with E-state index in [-0.39, 0.29) is 23.8 Å². The number of piperidine rings is 1. The van der Waals surface area contributed by atoms with Gasteiger partial charge in [0.2, 0.25) is 11.8 Å². The Bertz CT molecular complexity index is 564. The number of nitrogens with zero attached hydrogens (tertiary/aromatic N) is 2. The zero-order valence-corrected chi connectivity index (χ0v) is 14.8. The lowest BCUT2D eigenvalue weighted by Gasteiger charge is -2.33. The molecule has 0 aromatic carbocycles. The van der Waals surface area contributed by atoms with Crippen molar-refractivity contribution in [2.24, 2.45) is 17.6 Å². The molecule has 1 aromatic heterocycles. The molecule has 2 N–H and O–H groups in total. The minimum atomic E-state index is -0.238. The molecule has 25 heavy (non-hydrogen) atoms. The van der Waals surface area contributed by atoms with E-state index in [1.165, 1.54) is 0 Å². The Morgan fingerprint density at radius 1 is 1.12 bits per heavy atom. The summed E-state index contributed by atoms with van der Waals surface area (Å²) < 4.78 is 7.82. The third kappa shape index (κ3) is 4.84. The van der Waals surface area contributed by atoms with Gasteiger partial charge in [0.15, 0.2) is 0 Å². The van der Waals surface area contributed by atoms with Gasteiger partial charge in [-0.05, 0) is 50.2 Å². The van der Waals surface area contributed by atoms with Crippen LogP contribution in [0, 0.1) is 11.8 Å². The first-order valence-electron chi connectivity index (χ1n) is 9.43.